The molecule has 1 aliphatic rings. The Labute approximate surface area is 199 Å². The van der Waals surface area contributed by atoms with E-state index < -0.39 is 23.7 Å². The van der Waals surface area contributed by atoms with Crippen LogP contribution in [0, 0.1) is 6.92 Å². The Morgan fingerprint density at radius 2 is 2.06 bits per heavy atom. The summed E-state index contributed by atoms with van der Waals surface area (Å²) in [5.74, 6) is -1.99. The fourth-order valence-corrected chi connectivity index (χ4v) is 4.63. The van der Waals surface area contributed by atoms with Gasteiger partial charge in [0.25, 0.3) is 5.78 Å². The van der Waals surface area contributed by atoms with Gasteiger partial charge in [0.1, 0.15) is 28.2 Å². The molecule has 10 heteroatoms. The highest BCUT2D eigenvalue weighted by molar-refractivity contribution is 7.17. The summed E-state index contributed by atoms with van der Waals surface area (Å²) in [6.45, 7) is 4.07. The molecule has 34 heavy (non-hydrogen) atoms. The Kier molecular flexibility index (Phi) is 6.51. The molecule has 1 fully saturated rings. The minimum Gasteiger partial charge on any atom is -0.507 e. The number of aryl methyl sites for hydroxylation is 1. The van der Waals surface area contributed by atoms with Gasteiger partial charge in [0, 0.05) is 5.56 Å². The molecule has 0 aliphatic carbocycles. The number of ether oxygens (including phenoxy) is 2. The van der Waals surface area contributed by atoms with Crippen LogP contribution in [0.4, 0.5) is 5.13 Å². The first-order valence-electron chi connectivity index (χ1n) is 10.5. The summed E-state index contributed by atoms with van der Waals surface area (Å²) in [5, 5.41) is 11.3. The van der Waals surface area contributed by atoms with Gasteiger partial charge in [0.2, 0.25) is 0 Å². The summed E-state index contributed by atoms with van der Waals surface area (Å²) in [5.41, 5.74) is 0.515. The van der Waals surface area contributed by atoms with Crippen LogP contribution in [0.3, 0.4) is 0 Å². The van der Waals surface area contributed by atoms with Crippen LogP contribution in [0.5, 0.6) is 5.75 Å². The predicted octanol–water partition coefficient (Wildman–Crippen LogP) is 4.25. The minimum atomic E-state index is -1.08. The maximum absolute atomic E-state index is 13.2. The zero-order chi connectivity index (χ0) is 24.4. The standard InChI is InChI=1S/C24H22N2O7S/c1-4-10-32-15-8-5-7-14(12-15)19(27)17-18(16-9-6-11-33-16)26(22(29)20(17)28)24-25-13(2)21(34-24)23(30)31-3/h5-9,11-12,18,27H,4,10H2,1-3H3. The lowest BCUT2D eigenvalue weighted by Gasteiger charge is -2.20. The minimum absolute atomic E-state index is 0.112. The zero-order valence-corrected chi connectivity index (χ0v) is 19.5. The number of ketones is 1. The Balaban J connectivity index is 1.85. The molecule has 3 heterocycles. The maximum atomic E-state index is 13.2. The number of hydrogen-bond acceptors (Lipinski definition) is 9. The van der Waals surface area contributed by atoms with Gasteiger partial charge in [-0.1, -0.05) is 30.4 Å². The molecule has 9 nitrogen and oxygen atoms in total. The molecule has 176 valence electrons. The number of Topliss-reactive ketones (excluding diaryl/α,β-unsaturated/α-hetero) is 1. The van der Waals surface area contributed by atoms with Crippen LogP contribution in [-0.2, 0) is 14.3 Å². The molecule has 2 aromatic heterocycles. The molecule has 1 atom stereocenters. The van der Waals surface area contributed by atoms with E-state index in [1.165, 1.54) is 13.4 Å². The van der Waals surface area contributed by atoms with Gasteiger partial charge in [-0.15, -0.1) is 0 Å². The predicted molar refractivity (Wildman–Crippen MR) is 124 cm³/mol. The van der Waals surface area contributed by atoms with E-state index in [9.17, 15) is 19.5 Å². The largest absolute Gasteiger partial charge is 0.507 e. The van der Waals surface area contributed by atoms with Gasteiger partial charge in [0.05, 0.1) is 31.2 Å². The number of esters is 1. The number of thiazole rings is 1. The third kappa shape index (κ3) is 4.08. The van der Waals surface area contributed by atoms with Crippen molar-refractivity contribution in [3.8, 4) is 5.75 Å². The number of methoxy groups -OCH3 is 1. The van der Waals surface area contributed by atoms with Crippen molar-refractivity contribution < 1.29 is 33.4 Å². The number of aliphatic hydroxyl groups excluding tert-OH is 1. The lowest BCUT2D eigenvalue weighted by Crippen LogP contribution is -2.29. The van der Waals surface area contributed by atoms with E-state index in [-0.39, 0.29) is 27.1 Å². The van der Waals surface area contributed by atoms with Crippen molar-refractivity contribution in [1.29, 1.82) is 0 Å². The average Bonchev–Trinajstić information content (AvgIpc) is 3.56. The van der Waals surface area contributed by atoms with Gasteiger partial charge in [-0.25, -0.2) is 9.78 Å². The van der Waals surface area contributed by atoms with E-state index in [4.69, 9.17) is 13.9 Å². The van der Waals surface area contributed by atoms with Crippen molar-refractivity contribution in [2.45, 2.75) is 26.3 Å². The number of hydrogen-bond donors (Lipinski definition) is 1. The van der Waals surface area contributed by atoms with Crippen molar-refractivity contribution in [2.24, 2.45) is 0 Å². The highest BCUT2D eigenvalue weighted by Gasteiger charge is 2.49. The monoisotopic (exact) mass is 482 g/mol. The van der Waals surface area contributed by atoms with Crippen molar-refractivity contribution >= 4 is 39.9 Å². The van der Waals surface area contributed by atoms with Crippen LogP contribution >= 0.6 is 11.3 Å². The molecule has 0 radical (unpaired) electrons. The van der Waals surface area contributed by atoms with E-state index in [2.05, 4.69) is 4.98 Å². The number of furan rings is 1. The average molecular weight is 483 g/mol. The van der Waals surface area contributed by atoms with Gasteiger partial charge >= 0.3 is 11.9 Å². The van der Waals surface area contributed by atoms with E-state index >= 15 is 0 Å². The molecular weight excluding hydrogens is 460 g/mol. The Morgan fingerprint density at radius 3 is 2.74 bits per heavy atom. The molecule has 1 N–H and O–H groups in total. The smallest absolute Gasteiger partial charge is 0.350 e. The summed E-state index contributed by atoms with van der Waals surface area (Å²) in [6.07, 6.45) is 2.21. The fraction of sp³-hybridized carbons (Fsp3) is 0.250. The SMILES string of the molecule is CCCOc1cccc(C(O)=C2C(=O)C(=O)N(c3nc(C)c(C(=O)OC)s3)C2c2ccco2)c1. The lowest BCUT2D eigenvalue weighted by atomic mass is 9.99. The molecule has 1 unspecified atom stereocenters. The van der Waals surface area contributed by atoms with E-state index in [0.29, 0.717) is 23.6 Å². The van der Waals surface area contributed by atoms with Crippen LogP contribution in [0.1, 0.15) is 46.1 Å². The second-order valence-electron chi connectivity index (χ2n) is 7.46. The topological polar surface area (TPSA) is 119 Å². The molecule has 0 saturated carbocycles. The van der Waals surface area contributed by atoms with E-state index in [1.54, 1.807) is 43.3 Å². The molecule has 0 bridgehead atoms. The maximum Gasteiger partial charge on any atom is 0.350 e. The normalized spacial score (nSPS) is 17.3. The number of nitrogens with zero attached hydrogens (tertiary/aromatic N) is 2. The number of amides is 1. The second kappa shape index (κ2) is 9.52. The van der Waals surface area contributed by atoms with Crippen molar-refractivity contribution in [3.63, 3.8) is 0 Å². The summed E-state index contributed by atoms with van der Waals surface area (Å²) in [6, 6.07) is 8.77. The van der Waals surface area contributed by atoms with Crippen LogP contribution in [0.25, 0.3) is 5.76 Å². The molecule has 1 aromatic carbocycles. The van der Waals surface area contributed by atoms with Gasteiger partial charge in [-0.05, 0) is 37.6 Å². The number of aliphatic hydroxyl groups is 1. The zero-order valence-electron chi connectivity index (χ0n) is 18.7. The van der Waals surface area contributed by atoms with Crippen molar-refractivity contribution in [2.75, 3.05) is 18.6 Å². The molecule has 1 saturated heterocycles. The van der Waals surface area contributed by atoms with Crippen LogP contribution in [0.15, 0.2) is 52.7 Å². The van der Waals surface area contributed by atoms with Crippen LogP contribution in [-0.4, -0.2) is 41.5 Å². The number of anilines is 1. The molecule has 1 aliphatic heterocycles. The van der Waals surface area contributed by atoms with Gasteiger partial charge in [-0.2, -0.15) is 0 Å². The van der Waals surface area contributed by atoms with Crippen LogP contribution in [0.2, 0.25) is 0 Å². The number of benzene rings is 1. The number of aromatic nitrogens is 1. The number of carbonyl (C=O) groups excluding carboxylic acids is 3. The third-order valence-corrected chi connectivity index (χ3v) is 6.34. The first-order chi connectivity index (χ1) is 16.4. The number of carbonyl (C=O) groups is 3. The lowest BCUT2D eigenvalue weighted by molar-refractivity contribution is -0.132. The van der Waals surface area contributed by atoms with Crippen LogP contribution < -0.4 is 9.64 Å². The molecule has 3 aromatic rings. The van der Waals surface area contributed by atoms with E-state index in [0.717, 1.165) is 22.7 Å². The Morgan fingerprint density at radius 1 is 1.26 bits per heavy atom. The van der Waals surface area contributed by atoms with E-state index in [1.807, 2.05) is 6.92 Å². The summed E-state index contributed by atoms with van der Waals surface area (Å²) < 4.78 is 15.9. The van der Waals surface area contributed by atoms with Gasteiger partial charge in [-0.3, -0.25) is 14.5 Å². The molecular formula is C24H22N2O7S. The molecule has 0 spiro atoms. The Bertz CT molecular complexity index is 1280. The van der Waals surface area contributed by atoms with Crippen molar-refractivity contribution in [1.82, 2.24) is 4.98 Å². The fourth-order valence-electron chi connectivity index (χ4n) is 3.62. The molecule has 4 rings (SSSR count). The first-order valence-corrected chi connectivity index (χ1v) is 11.3. The quantitative estimate of drug-likeness (QED) is 0.230. The summed E-state index contributed by atoms with van der Waals surface area (Å²) in [7, 11) is 1.24. The summed E-state index contributed by atoms with van der Waals surface area (Å²) in [4.78, 5) is 44.0. The Hall–Kier alpha value is -3.92. The summed E-state index contributed by atoms with van der Waals surface area (Å²) >= 11 is 0.919. The van der Waals surface area contributed by atoms with Gasteiger partial charge in [0.15, 0.2) is 5.13 Å². The highest BCUT2D eigenvalue weighted by Crippen LogP contribution is 2.44. The molecule has 1 amide bonds. The highest BCUT2D eigenvalue weighted by atomic mass is 32.1. The third-order valence-electron chi connectivity index (χ3n) is 5.20. The van der Waals surface area contributed by atoms with Gasteiger partial charge < -0.3 is 19.0 Å². The number of rotatable bonds is 7. The van der Waals surface area contributed by atoms with Crippen molar-refractivity contribution in [3.05, 3.63) is 70.1 Å². The second-order valence-corrected chi connectivity index (χ2v) is 8.44. The first kappa shape index (κ1) is 23.2.